The highest BCUT2D eigenvalue weighted by molar-refractivity contribution is 7.92. The third kappa shape index (κ3) is 5.01. The Hall–Kier alpha value is -3.53. The van der Waals surface area contributed by atoms with Gasteiger partial charge in [-0.1, -0.05) is 0 Å². The molecule has 10 heteroatoms. The van der Waals surface area contributed by atoms with Gasteiger partial charge in [0.1, 0.15) is 23.4 Å². The van der Waals surface area contributed by atoms with Gasteiger partial charge in [0.25, 0.3) is 10.0 Å². The minimum Gasteiger partial charge on any atom is -0.485 e. The Balaban J connectivity index is 1.73. The lowest BCUT2D eigenvalue weighted by molar-refractivity contribution is 0.0696. The fourth-order valence-corrected chi connectivity index (χ4v) is 5.37. The fourth-order valence-electron chi connectivity index (χ4n) is 3.87. The molecule has 1 aliphatic rings. The molecule has 1 aliphatic carbocycles. The van der Waals surface area contributed by atoms with Gasteiger partial charge >= 0.3 is 5.97 Å². The molecule has 0 spiro atoms. The molecule has 1 N–H and O–H groups in total. The summed E-state index contributed by atoms with van der Waals surface area (Å²) in [4.78, 5) is 19.0. The zero-order valence-electron chi connectivity index (χ0n) is 18.5. The summed E-state index contributed by atoms with van der Waals surface area (Å²) in [6.45, 7) is 0.892. The lowest BCUT2D eigenvalue weighted by Crippen LogP contribution is -2.36. The van der Waals surface area contributed by atoms with Crippen LogP contribution in [0.15, 0.2) is 59.9 Å². The fraction of sp³-hybridized carbons (Fsp3) is 0.292. The van der Waals surface area contributed by atoms with Crippen molar-refractivity contribution in [3.05, 3.63) is 77.4 Å². The first-order valence-corrected chi connectivity index (χ1v) is 12.2. The number of carboxylic acids is 1. The Morgan fingerprint density at radius 2 is 1.97 bits per heavy atom. The zero-order chi connectivity index (χ0) is 24.3. The first-order chi connectivity index (χ1) is 16.3. The molecule has 2 aromatic heterocycles. The van der Waals surface area contributed by atoms with Crippen LogP contribution in [0.5, 0.6) is 5.75 Å². The number of hydrogen-bond acceptors (Lipinski definition) is 6. The van der Waals surface area contributed by atoms with Gasteiger partial charge in [-0.25, -0.2) is 17.6 Å². The monoisotopic (exact) mass is 485 g/mol. The predicted molar refractivity (Wildman–Crippen MR) is 123 cm³/mol. The Labute approximate surface area is 197 Å². The van der Waals surface area contributed by atoms with Crippen LogP contribution in [0.1, 0.15) is 40.5 Å². The van der Waals surface area contributed by atoms with Crippen LogP contribution in [-0.2, 0) is 29.5 Å². The minimum absolute atomic E-state index is 0.0162. The quantitative estimate of drug-likeness (QED) is 0.491. The molecule has 4 rings (SSSR count). The average molecular weight is 486 g/mol. The molecule has 1 atom stereocenters. The van der Waals surface area contributed by atoms with E-state index in [-0.39, 0.29) is 28.5 Å². The van der Waals surface area contributed by atoms with Gasteiger partial charge in [0.15, 0.2) is 0 Å². The molecule has 178 valence electrons. The van der Waals surface area contributed by atoms with Gasteiger partial charge in [0, 0.05) is 18.6 Å². The molecular weight excluding hydrogens is 461 g/mol. The molecule has 0 saturated heterocycles. The highest BCUT2D eigenvalue weighted by Gasteiger charge is 2.30. The number of rotatable bonds is 9. The summed E-state index contributed by atoms with van der Waals surface area (Å²) < 4.78 is 48.2. The number of sulfonamides is 1. The van der Waals surface area contributed by atoms with E-state index in [0.717, 1.165) is 34.7 Å². The van der Waals surface area contributed by atoms with Crippen LogP contribution in [0.2, 0.25) is 0 Å². The Morgan fingerprint density at radius 3 is 2.59 bits per heavy atom. The summed E-state index contributed by atoms with van der Waals surface area (Å²) in [6, 6.07) is 9.44. The number of aromatic carboxylic acids is 1. The van der Waals surface area contributed by atoms with E-state index >= 15 is 0 Å². The topological polar surface area (TPSA) is 110 Å². The van der Waals surface area contributed by atoms with Crippen LogP contribution in [-0.4, -0.2) is 42.2 Å². The second-order valence-corrected chi connectivity index (χ2v) is 9.94. The highest BCUT2D eigenvalue weighted by atomic mass is 32.2. The van der Waals surface area contributed by atoms with Crippen molar-refractivity contribution in [2.24, 2.45) is 0 Å². The van der Waals surface area contributed by atoms with Gasteiger partial charge in [0.05, 0.1) is 23.5 Å². The minimum atomic E-state index is -4.12. The van der Waals surface area contributed by atoms with Crippen LogP contribution in [0.25, 0.3) is 0 Å². The van der Waals surface area contributed by atoms with Crippen LogP contribution >= 0.6 is 0 Å². The second kappa shape index (κ2) is 9.76. The molecule has 1 aromatic carbocycles. The maximum Gasteiger partial charge on any atom is 0.337 e. The molecule has 0 radical (unpaired) electrons. The van der Waals surface area contributed by atoms with E-state index in [1.807, 2.05) is 0 Å². The van der Waals surface area contributed by atoms with Crippen molar-refractivity contribution < 1.29 is 27.4 Å². The number of aryl methyl sites for hydroxylation is 2. The molecule has 0 bridgehead atoms. The summed E-state index contributed by atoms with van der Waals surface area (Å²) in [7, 11) is -4.12. The van der Waals surface area contributed by atoms with Crippen molar-refractivity contribution in [3.8, 4) is 5.75 Å². The summed E-state index contributed by atoms with van der Waals surface area (Å²) in [6.07, 6.45) is 5.07. The predicted octanol–water partition coefficient (Wildman–Crippen LogP) is 3.80. The first-order valence-electron chi connectivity index (χ1n) is 10.8. The van der Waals surface area contributed by atoms with Crippen molar-refractivity contribution in [1.82, 2.24) is 9.97 Å². The van der Waals surface area contributed by atoms with E-state index in [9.17, 15) is 17.6 Å². The van der Waals surface area contributed by atoms with Crippen molar-refractivity contribution in [1.29, 1.82) is 0 Å². The van der Waals surface area contributed by atoms with E-state index in [0.29, 0.717) is 5.69 Å². The Kier molecular flexibility index (Phi) is 6.78. The van der Waals surface area contributed by atoms with Crippen molar-refractivity contribution >= 4 is 21.7 Å². The summed E-state index contributed by atoms with van der Waals surface area (Å²) in [5, 5.41) is 9.04. The van der Waals surface area contributed by atoms with Gasteiger partial charge in [-0.05, 0) is 73.7 Å². The normalized spacial score (nSPS) is 13.8. The smallest absolute Gasteiger partial charge is 0.337 e. The van der Waals surface area contributed by atoms with E-state index in [1.165, 1.54) is 49.8 Å². The molecule has 0 unspecified atom stereocenters. The number of nitrogens with zero attached hydrogens (tertiary/aromatic N) is 3. The van der Waals surface area contributed by atoms with Crippen LogP contribution < -0.4 is 9.04 Å². The zero-order valence-corrected chi connectivity index (χ0v) is 19.3. The van der Waals surface area contributed by atoms with E-state index in [2.05, 4.69) is 9.97 Å². The van der Waals surface area contributed by atoms with Crippen molar-refractivity contribution in [2.75, 3.05) is 10.8 Å². The number of hydrogen-bond donors (Lipinski definition) is 1. The number of alkyl halides is 1. The van der Waals surface area contributed by atoms with E-state index in [4.69, 9.17) is 9.84 Å². The summed E-state index contributed by atoms with van der Waals surface area (Å²) >= 11 is 0. The standard InChI is InChI=1S/C24H24FN3O5S/c1-16(25)14-28(34(31,32)21-6-3-9-26-13-21)22-10-17-4-2-5-18(17)11-23(22)33-15-20-8-7-19(12-27-20)24(29)30/h3,6-13,16H,2,4-5,14-15H2,1H3,(H,29,30)/t16-/m1/s1. The molecule has 2 heterocycles. The number of fused-ring (bicyclic) bond motifs is 1. The number of aromatic nitrogens is 2. The number of benzene rings is 1. The summed E-state index contributed by atoms with van der Waals surface area (Å²) in [5.74, 6) is -0.796. The highest BCUT2D eigenvalue weighted by Crippen LogP contribution is 2.38. The molecular formula is C24H24FN3O5S. The molecule has 0 fully saturated rings. The SMILES string of the molecule is C[C@@H](F)CN(c1cc2c(cc1OCc1ccc(C(=O)O)cn1)CCC2)S(=O)(=O)c1cccnc1. The van der Waals surface area contributed by atoms with Gasteiger partial charge in [-0.3, -0.25) is 14.3 Å². The first kappa shape index (κ1) is 23.6. The maximum absolute atomic E-state index is 14.2. The van der Waals surface area contributed by atoms with E-state index < -0.39 is 28.7 Å². The third-order valence-corrected chi connectivity index (χ3v) is 7.29. The van der Waals surface area contributed by atoms with Gasteiger partial charge in [0.2, 0.25) is 0 Å². The molecule has 3 aromatic rings. The maximum atomic E-state index is 14.2. The van der Waals surface area contributed by atoms with Gasteiger partial charge in [-0.2, -0.15) is 0 Å². The number of pyridine rings is 2. The summed E-state index contributed by atoms with van der Waals surface area (Å²) in [5.41, 5.74) is 2.82. The van der Waals surface area contributed by atoms with Crippen molar-refractivity contribution in [3.63, 3.8) is 0 Å². The molecule has 0 amide bonds. The Bertz CT molecular complexity index is 1280. The largest absolute Gasteiger partial charge is 0.485 e. The third-order valence-electron chi connectivity index (χ3n) is 5.53. The Morgan fingerprint density at radius 1 is 1.21 bits per heavy atom. The molecule has 34 heavy (non-hydrogen) atoms. The van der Waals surface area contributed by atoms with Crippen LogP contribution in [0.3, 0.4) is 0 Å². The van der Waals surface area contributed by atoms with E-state index in [1.54, 1.807) is 12.1 Å². The molecule has 8 nitrogen and oxygen atoms in total. The number of carboxylic acid groups (broad SMARTS) is 1. The van der Waals surface area contributed by atoms with Gasteiger partial charge < -0.3 is 9.84 Å². The molecule has 0 saturated carbocycles. The number of carbonyl (C=O) groups is 1. The number of anilines is 1. The second-order valence-electron chi connectivity index (χ2n) is 8.08. The lowest BCUT2D eigenvalue weighted by Gasteiger charge is -2.27. The lowest BCUT2D eigenvalue weighted by atomic mass is 10.1. The average Bonchev–Trinajstić information content (AvgIpc) is 3.28. The van der Waals surface area contributed by atoms with Crippen LogP contribution in [0, 0.1) is 0 Å². The number of ether oxygens (including phenoxy) is 1. The van der Waals surface area contributed by atoms with Gasteiger partial charge in [-0.15, -0.1) is 0 Å². The van der Waals surface area contributed by atoms with Crippen molar-refractivity contribution in [2.45, 2.75) is 43.9 Å². The number of halogens is 1. The van der Waals surface area contributed by atoms with Crippen LogP contribution in [0.4, 0.5) is 10.1 Å². The molecule has 0 aliphatic heterocycles.